The molecule has 0 saturated heterocycles. The number of hydrogen-bond acceptors (Lipinski definition) is 3. The van der Waals surface area contributed by atoms with Gasteiger partial charge in [-0.05, 0) is 24.6 Å². The molecule has 20 heavy (non-hydrogen) atoms. The highest BCUT2D eigenvalue weighted by Crippen LogP contribution is 2.20. The molecule has 0 unspecified atom stereocenters. The molecule has 1 N–H and O–H groups in total. The summed E-state index contributed by atoms with van der Waals surface area (Å²) >= 11 is 1.44. The van der Waals surface area contributed by atoms with E-state index >= 15 is 0 Å². The minimum absolute atomic E-state index is 0.133. The van der Waals surface area contributed by atoms with Crippen molar-refractivity contribution in [1.29, 1.82) is 0 Å². The summed E-state index contributed by atoms with van der Waals surface area (Å²) in [4.78, 5) is 19.9. The fourth-order valence-corrected chi connectivity index (χ4v) is 2.86. The predicted molar refractivity (Wildman–Crippen MR) is 82.3 cm³/mol. The summed E-state index contributed by atoms with van der Waals surface area (Å²) in [6.07, 6.45) is 0. The van der Waals surface area contributed by atoms with Crippen LogP contribution in [0.2, 0.25) is 0 Å². The lowest BCUT2D eigenvalue weighted by Crippen LogP contribution is -2.04. The number of carbonyl (C=O) groups excluding carboxylic acids is 1. The number of benzene rings is 2. The molecule has 4 heteroatoms. The highest BCUT2D eigenvalue weighted by atomic mass is 32.2. The Morgan fingerprint density at radius 3 is 2.70 bits per heavy atom. The monoisotopic (exact) mass is 282 g/mol. The lowest BCUT2D eigenvalue weighted by atomic mass is 10.1. The molecular weight excluding hydrogens is 268 g/mol. The summed E-state index contributed by atoms with van der Waals surface area (Å²) in [5.41, 5.74) is 3.73. The van der Waals surface area contributed by atoms with Crippen molar-refractivity contribution >= 4 is 28.6 Å². The molecule has 0 aliphatic rings. The first kappa shape index (κ1) is 12.9. The molecule has 1 heterocycles. The summed E-state index contributed by atoms with van der Waals surface area (Å²) in [5.74, 6) is 0.526. The first-order valence-corrected chi connectivity index (χ1v) is 7.39. The summed E-state index contributed by atoms with van der Waals surface area (Å²) < 4.78 is 0. The third-order valence-electron chi connectivity index (χ3n) is 3.15. The number of ketones is 1. The van der Waals surface area contributed by atoms with Crippen LogP contribution in [-0.4, -0.2) is 21.5 Å². The quantitative estimate of drug-likeness (QED) is 0.584. The summed E-state index contributed by atoms with van der Waals surface area (Å²) in [6.45, 7) is 1.96. The van der Waals surface area contributed by atoms with Gasteiger partial charge in [-0.2, -0.15) is 0 Å². The van der Waals surface area contributed by atoms with Gasteiger partial charge in [-0.25, -0.2) is 4.98 Å². The molecule has 1 aromatic heterocycles. The Morgan fingerprint density at radius 2 is 1.90 bits per heavy atom. The van der Waals surface area contributed by atoms with Crippen molar-refractivity contribution in [2.24, 2.45) is 0 Å². The number of H-pyrrole nitrogens is 1. The highest BCUT2D eigenvalue weighted by molar-refractivity contribution is 7.99. The highest BCUT2D eigenvalue weighted by Gasteiger charge is 2.10. The number of imidazole rings is 1. The fourth-order valence-electron chi connectivity index (χ4n) is 2.10. The van der Waals surface area contributed by atoms with Crippen molar-refractivity contribution < 1.29 is 4.79 Å². The van der Waals surface area contributed by atoms with Crippen LogP contribution >= 0.6 is 11.8 Å². The largest absolute Gasteiger partial charge is 0.333 e. The second-order valence-electron chi connectivity index (χ2n) is 4.59. The number of aryl methyl sites for hydroxylation is 1. The Bertz CT molecular complexity index is 731. The van der Waals surface area contributed by atoms with Crippen molar-refractivity contribution in [3.8, 4) is 0 Å². The molecule has 3 nitrogen and oxygen atoms in total. The Hall–Kier alpha value is -2.07. The molecule has 0 saturated carbocycles. The van der Waals surface area contributed by atoms with Crippen LogP contribution in [0, 0.1) is 6.92 Å². The molecule has 0 fully saturated rings. The number of aromatic nitrogens is 2. The van der Waals surface area contributed by atoms with Crippen molar-refractivity contribution in [2.45, 2.75) is 12.1 Å². The molecule has 0 radical (unpaired) electrons. The number of nitrogens with one attached hydrogen (secondary N) is 1. The van der Waals surface area contributed by atoms with Crippen LogP contribution in [-0.2, 0) is 0 Å². The second kappa shape index (κ2) is 5.51. The number of nitrogens with zero attached hydrogens (tertiary/aromatic N) is 1. The van der Waals surface area contributed by atoms with Gasteiger partial charge in [0.2, 0.25) is 0 Å². The van der Waals surface area contributed by atoms with E-state index in [2.05, 4.69) is 9.97 Å². The van der Waals surface area contributed by atoms with Gasteiger partial charge in [-0.3, -0.25) is 4.79 Å². The standard InChI is InChI=1S/C16H14N2OS/c1-11-6-2-3-7-12(11)15(19)10-20-16-17-13-8-4-5-9-14(13)18-16/h2-9H,10H2,1H3,(H,17,18). The van der Waals surface area contributed by atoms with E-state index in [-0.39, 0.29) is 5.78 Å². The van der Waals surface area contributed by atoms with Crippen LogP contribution in [0.1, 0.15) is 15.9 Å². The number of carbonyl (C=O) groups is 1. The van der Waals surface area contributed by atoms with Gasteiger partial charge in [0.1, 0.15) is 0 Å². The molecule has 3 rings (SSSR count). The number of rotatable bonds is 4. The van der Waals surface area contributed by atoms with Gasteiger partial charge in [-0.15, -0.1) is 0 Å². The van der Waals surface area contributed by atoms with Crippen LogP contribution < -0.4 is 0 Å². The van der Waals surface area contributed by atoms with Crippen LogP contribution in [0.15, 0.2) is 53.7 Å². The lowest BCUT2D eigenvalue weighted by Gasteiger charge is -2.03. The van der Waals surface area contributed by atoms with Crippen LogP contribution in [0.5, 0.6) is 0 Å². The molecular formula is C16H14N2OS. The van der Waals surface area contributed by atoms with Crippen LogP contribution in [0.4, 0.5) is 0 Å². The van der Waals surface area contributed by atoms with E-state index in [1.807, 2.05) is 55.5 Å². The van der Waals surface area contributed by atoms with Crippen LogP contribution in [0.25, 0.3) is 11.0 Å². The Kier molecular flexibility index (Phi) is 3.56. The van der Waals surface area contributed by atoms with Gasteiger partial charge in [0.25, 0.3) is 0 Å². The number of Topliss-reactive ketones (excluding diaryl/α,β-unsaturated/α-hetero) is 1. The maximum Gasteiger partial charge on any atom is 0.173 e. The normalized spacial score (nSPS) is 10.8. The third kappa shape index (κ3) is 2.60. The van der Waals surface area contributed by atoms with Gasteiger partial charge in [0, 0.05) is 5.56 Å². The first-order valence-electron chi connectivity index (χ1n) is 6.40. The van der Waals surface area contributed by atoms with Gasteiger partial charge in [0.05, 0.1) is 16.8 Å². The maximum absolute atomic E-state index is 12.2. The number of thioether (sulfide) groups is 1. The summed E-state index contributed by atoms with van der Waals surface area (Å²) in [7, 11) is 0. The molecule has 0 aliphatic heterocycles. The number of para-hydroxylation sites is 2. The van der Waals surface area contributed by atoms with Gasteiger partial charge >= 0.3 is 0 Å². The molecule has 100 valence electrons. The van der Waals surface area contributed by atoms with E-state index in [0.717, 1.165) is 27.3 Å². The molecule has 0 spiro atoms. The van der Waals surface area contributed by atoms with E-state index in [1.165, 1.54) is 11.8 Å². The van der Waals surface area contributed by atoms with E-state index in [9.17, 15) is 4.79 Å². The molecule has 2 aromatic carbocycles. The van der Waals surface area contributed by atoms with Crippen molar-refractivity contribution in [3.05, 3.63) is 59.7 Å². The fraction of sp³-hybridized carbons (Fsp3) is 0.125. The molecule has 0 aliphatic carbocycles. The zero-order valence-corrected chi connectivity index (χ0v) is 11.9. The molecule has 0 atom stereocenters. The van der Waals surface area contributed by atoms with E-state index < -0.39 is 0 Å². The van der Waals surface area contributed by atoms with Gasteiger partial charge in [-0.1, -0.05) is 48.2 Å². The number of hydrogen-bond donors (Lipinski definition) is 1. The second-order valence-corrected chi connectivity index (χ2v) is 5.55. The molecule has 3 aromatic rings. The van der Waals surface area contributed by atoms with Gasteiger partial charge < -0.3 is 4.98 Å². The predicted octanol–water partition coefficient (Wildman–Crippen LogP) is 3.85. The Balaban J connectivity index is 1.73. The Labute approximate surface area is 121 Å². The van der Waals surface area contributed by atoms with E-state index in [0.29, 0.717) is 5.75 Å². The number of fused-ring (bicyclic) bond motifs is 1. The maximum atomic E-state index is 12.2. The van der Waals surface area contributed by atoms with Crippen molar-refractivity contribution in [1.82, 2.24) is 9.97 Å². The minimum Gasteiger partial charge on any atom is -0.333 e. The zero-order chi connectivity index (χ0) is 13.9. The first-order chi connectivity index (χ1) is 9.74. The topological polar surface area (TPSA) is 45.8 Å². The lowest BCUT2D eigenvalue weighted by molar-refractivity contribution is 0.102. The van der Waals surface area contributed by atoms with Crippen molar-refractivity contribution in [2.75, 3.05) is 5.75 Å². The zero-order valence-electron chi connectivity index (χ0n) is 11.1. The SMILES string of the molecule is Cc1ccccc1C(=O)CSc1nc2ccccc2[nH]1. The summed E-state index contributed by atoms with van der Waals surface area (Å²) in [5, 5.41) is 0.785. The van der Waals surface area contributed by atoms with Gasteiger partial charge in [0.15, 0.2) is 10.9 Å². The van der Waals surface area contributed by atoms with E-state index in [1.54, 1.807) is 0 Å². The minimum atomic E-state index is 0.133. The van der Waals surface area contributed by atoms with Crippen molar-refractivity contribution in [3.63, 3.8) is 0 Å². The third-order valence-corrected chi connectivity index (χ3v) is 4.03. The average molecular weight is 282 g/mol. The smallest absolute Gasteiger partial charge is 0.173 e. The Morgan fingerprint density at radius 1 is 1.15 bits per heavy atom. The molecule has 0 bridgehead atoms. The molecule has 0 amide bonds. The average Bonchev–Trinajstić information content (AvgIpc) is 2.88. The number of aromatic amines is 1. The van der Waals surface area contributed by atoms with Crippen LogP contribution in [0.3, 0.4) is 0 Å². The van der Waals surface area contributed by atoms with E-state index in [4.69, 9.17) is 0 Å². The summed E-state index contributed by atoms with van der Waals surface area (Å²) in [6, 6.07) is 15.5.